The van der Waals surface area contributed by atoms with Gasteiger partial charge >= 0.3 is 0 Å². The van der Waals surface area contributed by atoms with Gasteiger partial charge in [0.05, 0.1) is 45.7 Å². The monoisotopic (exact) mass is 409 g/mol. The van der Waals surface area contributed by atoms with Gasteiger partial charge in [-0.2, -0.15) is 11.8 Å². The van der Waals surface area contributed by atoms with Crippen LogP contribution in [0.4, 0.5) is 0 Å². The quantitative estimate of drug-likeness (QED) is 0.213. The third kappa shape index (κ3) is 15.8. The van der Waals surface area contributed by atoms with Gasteiger partial charge in [0.2, 0.25) is 11.8 Å². The highest BCUT2D eigenvalue weighted by molar-refractivity contribution is 7.98. The maximum Gasteiger partial charge on any atom is 0.239 e. The largest absolute Gasteiger partial charge is 0.391 e. The van der Waals surface area contributed by atoms with Crippen LogP contribution < -0.4 is 16.0 Å². The molecule has 0 heterocycles. The molecule has 9 nitrogen and oxygen atoms in total. The molecular formula is C17H35N3O6S. The summed E-state index contributed by atoms with van der Waals surface area (Å²) in [4.78, 5) is 23.1. The molecule has 0 saturated heterocycles. The highest BCUT2D eigenvalue weighted by atomic mass is 32.2. The van der Waals surface area contributed by atoms with Gasteiger partial charge in [-0.3, -0.25) is 9.59 Å². The van der Waals surface area contributed by atoms with Gasteiger partial charge in [-0.25, -0.2) is 0 Å². The average Bonchev–Trinajstić information content (AvgIpc) is 2.63. The number of rotatable bonds is 18. The topological polar surface area (TPSA) is 118 Å². The minimum absolute atomic E-state index is 0.0462. The molecule has 27 heavy (non-hydrogen) atoms. The van der Waals surface area contributed by atoms with Crippen LogP contribution in [0.1, 0.15) is 13.3 Å². The maximum absolute atomic E-state index is 11.7. The van der Waals surface area contributed by atoms with Crippen LogP contribution in [0.15, 0.2) is 0 Å². The van der Waals surface area contributed by atoms with E-state index in [9.17, 15) is 14.7 Å². The molecule has 0 unspecified atom stereocenters. The Morgan fingerprint density at radius 2 is 1.48 bits per heavy atom. The van der Waals surface area contributed by atoms with Gasteiger partial charge in [0, 0.05) is 25.3 Å². The summed E-state index contributed by atoms with van der Waals surface area (Å²) in [5.74, 6) is 0.614. The van der Waals surface area contributed by atoms with E-state index in [2.05, 4.69) is 16.0 Å². The van der Waals surface area contributed by atoms with E-state index in [0.29, 0.717) is 59.2 Å². The number of thioether (sulfide) groups is 1. The Kier molecular flexibility index (Phi) is 17.8. The van der Waals surface area contributed by atoms with Crippen LogP contribution in [0.3, 0.4) is 0 Å². The van der Waals surface area contributed by atoms with Gasteiger partial charge in [-0.1, -0.05) is 0 Å². The average molecular weight is 410 g/mol. The Balaban J connectivity index is 3.32. The predicted octanol–water partition coefficient (Wildman–Crippen LogP) is -1.01. The van der Waals surface area contributed by atoms with Gasteiger partial charge in [0.25, 0.3) is 0 Å². The molecule has 0 aliphatic carbocycles. The second-order valence-electron chi connectivity index (χ2n) is 5.73. The third-order valence-corrected chi connectivity index (χ3v) is 4.08. The van der Waals surface area contributed by atoms with Crippen LogP contribution in [0.25, 0.3) is 0 Å². The third-order valence-electron chi connectivity index (χ3n) is 3.47. The first-order valence-corrected chi connectivity index (χ1v) is 10.5. The maximum atomic E-state index is 11.7. The summed E-state index contributed by atoms with van der Waals surface area (Å²) in [6, 6.07) is -0.628. The van der Waals surface area contributed by atoms with Crippen molar-refractivity contribution in [3.8, 4) is 0 Å². The van der Waals surface area contributed by atoms with E-state index >= 15 is 0 Å². The van der Waals surface area contributed by atoms with Gasteiger partial charge in [-0.05, 0) is 20.2 Å². The molecule has 0 spiro atoms. The van der Waals surface area contributed by atoms with E-state index in [1.165, 1.54) is 0 Å². The van der Waals surface area contributed by atoms with Crippen molar-refractivity contribution in [3.63, 3.8) is 0 Å². The first-order valence-electron chi connectivity index (χ1n) is 9.14. The van der Waals surface area contributed by atoms with Crippen LogP contribution in [-0.4, -0.2) is 101 Å². The molecular weight excluding hydrogens is 374 g/mol. The smallest absolute Gasteiger partial charge is 0.239 e. The van der Waals surface area contributed by atoms with Crippen LogP contribution in [0.2, 0.25) is 0 Å². The summed E-state index contributed by atoms with van der Waals surface area (Å²) in [7, 11) is 1.62. The van der Waals surface area contributed by atoms with Crippen molar-refractivity contribution in [3.05, 3.63) is 0 Å². The molecule has 0 aromatic carbocycles. The van der Waals surface area contributed by atoms with Crippen molar-refractivity contribution in [1.29, 1.82) is 0 Å². The number of carbonyl (C=O) groups excluding carboxylic acids is 2. The fourth-order valence-electron chi connectivity index (χ4n) is 2.04. The van der Waals surface area contributed by atoms with E-state index in [-0.39, 0.29) is 11.8 Å². The van der Waals surface area contributed by atoms with E-state index in [4.69, 9.17) is 14.2 Å². The molecule has 0 radical (unpaired) electrons. The number of hydrogen-bond acceptors (Lipinski definition) is 8. The summed E-state index contributed by atoms with van der Waals surface area (Å²) in [5, 5.41) is 17.7. The lowest BCUT2D eigenvalue weighted by Crippen LogP contribution is -2.49. The number of ether oxygens (including phenoxy) is 3. The summed E-state index contributed by atoms with van der Waals surface area (Å²) in [6.07, 6.45) is 1.74. The first-order chi connectivity index (χ1) is 13.0. The lowest BCUT2D eigenvalue weighted by molar-refractivity contribution is -0.125. The van der Waals surface area contributed by atoms with Crippen LogP contribution >= 0.6 is 11.8 Å². The summed E-state index contributed by atoms with van der Waals surface area (Å²) >= 11 is 1.65. The zero-order chi connectivity index (χ0) is 20.3. The van der Waals surface area contributed by atoms with Crippen molar-refractivity contribution in [1.82, 2.24) is 16.0 Å². The normalized spacial score (nSPS) is 13.2. The van der Waals surface area contributed by atoms with Crippen LogP contribution in [0.5, 0.6) is 0 Å². The van der Waals surface area contributed by atoms with Crippen LogP contribution in [0, 0.1) is 0 Å². The van der Waals surface area contributed by atoms with E-state index in [1.807, 2.05) is 6.26 Å². The van der Waals surface area contributed by atoms with Crippen LogP contribution in [-0.2, 0) is 23.8 Å². The van der Waals surface area contributed by atoms with Gasteiger partial charge < -0.3 is 35.3 Å². The molecule has 0 bridgehead atoms. The Hall–Kier alpha value is -0.910. The molecule has 0 aromatic rings. The number of likely N-dealkylation sites (N-methyl/N-ethyl adjacent to an activating group) is 1. The fourth-order valence-corrected chi connectivity index (χ4v) is 2.42. The second kappa shape index (κ2) is 18.5. The van der Waals surface area contributed by atoms with E-state index < -0.39 is 12.1 Å². The standard InChI is InChI=1S/C17H35N3O6S/c1-14(21)16(18-2)17(23)20-6-8-25-10-12-26-11-9-24-7-5-19-15(22)4-13-27-3/h14,16,18,21H,4-13H2,1-3H3,(H,19,22)(H,20,23)/t14-,16+/m1/s1. The predicted molar refractivity (Wildman–Crippen MR) is 106 cm³/mol. The van der Waals surface area contributed by atoms with Gasteiger partial charge in [-0.15, -0.1) is 0 Å². The number of hydrogen-bond donors (Lipinski definition) is 4. The highest BCUT2D eigenvalue weighted by Gasteiger charge is 2.20. The van der Waals surface area contributed by atoms with Gasteiger partial charge in [0.15, 0.2) is 0 Å². The molecule has 0 rings (SSSR count). The number of amides is 2. The number of nitrogens with one attached hydrogen (secondary N) is 3. The minimum atomic E-state index is -0.761. The molecule has 0 saturated carbocycles. The van der Waals surface area contributed by atoms with E-state index in [1.54, 1.807) is 25.7 Å². The molecule has 160 valence electrons. The van der Waals surface area contributed by atoms with Crippen molar-refractivity contribution in [2.75, 3.05) is 71.8 Å². The molecule has 0 aliphatic heterocycles. The Bertz CT molecular complexity index is 388. The Morgan fingerprint density at radius 3 is 1.96 bits per heavy atom. The highest BCUT2D eigenvalue weighted by Crippen LogP contribution is 1.94. The first kappa shape index (κ1) is 26.1. The second-order valence-corrected chi connectivity index (χ2v) is 6.71. The Morgan fingerprint density at radius 1 is 0.963 bits per heavy atom. The van der Waals surface area contributed by atoms with Crippen molar-refractivity contribution in [2.45, 2.75) is 25.5 Å². The zero-order valence-electron chi connectivity index (χ0n) is 16.6. The molecule has 0 aromatic heterocycles. The fraction of sp³-hybridized carbons (Fsp3) is 0.882. The van der Waals surface area contributed by atoms with Crippen molar-refractivity contribution >= 4 is 23.6 Å². The zero-order valence-corrected chi connectivity index (χ0v) is 17.4. The molecule has 2 amide bonds. The van der Waals surface area contributed by atoms with Crippen molar-refractivity contribution < 1.29 is 28.9 Å². The summed E-state index contributed by atoms with van der Waals surface area (Å²) < 4.78 is 16.1. The molecule has 10 heteroatoms. The minimum Gasteiger partial charge on any atom is -0.391 e. The van der Waals surface area contributed by atoms with E-state index in [0.717, 1.165) is 5.75 Å². The lowest BCUT2D eigenvalue weighted by Gasteiger charge is -2.18. The number of aliphatic hydroxyl groups is 1. The molecule has 2 atom stereocenters. The molecule has 0 aliphatic rings. The lowest BCUT2D eigenvalue weighted by atomic mass is 10.2. The molecule has 0 fully saturated rings. The summed E-state index contributed by atoms with van der Waals surface area (Å²) in [6.45, 7) is 5.05. The Labute approximate surface area is 166 Å². The summed E-state index contributed by atoms with van der Waals surface area (Å²) in [5.41, 5.74) is 0. The van der Waals surface area contributed by atoms with Crippen molar-refractivity contribution in [2.24, 2.45) is 0 Å². The van der Waals surface area contributed by atoms with Gasteiger partial charge in [0.1, 0.15) is 6.04 Å². The molecule has 4 N–H and O–H groups in total. The SMILES string of the molecule is CN[C@H](C(=O)NCCOCCOCCOCCNC(=O)CCSC)[C@@H](C)O. The number of carbonyl (C=O) groups is 2. The number of aliphatic hydroxyl groups excluding tert-OH is 1.